The molecule has 2 aliphatic rings. The number of nitrogens with zero attached hydrogens (tertiary/aromatic N) is 4. The predicted octanol–water partition coefficient (Wildman–Crippen LogP) is 2.55. The van der Waals surface area contributed by atoms with Crippen LogP contribution in [0.2, 0.25) is 0 Å². The van der Waals surface area contributed by atoms with Gasteiger partial charge in [0, 0.05) is 37.9 Å². The van der Waals surface area contributed by atoms with E-state index in [0.29, 0.717) is 49.3 Å². The van der Waals surface area contributed by atoms with Gasteiger partial charge in [-0.1, -0.05) is 19.1 Å². The summed E-state index contributed by atoms with van der Waals surface area (Å²) >= 11 is 0. The highest BCUT2D eigenvalue weighted by atomic mass is 32.2. The van der Waals surface area contributed by atoms with Crippen molar-refractivity contribution < 1.29 is 26.7 Å². The van der Waals surface area contributed by atoms with Crippen LogP contribution < -0.4 is 20.9 Å². The van der Waals surface area contributed by atoms with Crippen LogP contribution in [0.1, 0.15) is 18.9 Å². The van der Waals surface area contributed by atoms with Gasteiger partial charge < -0.3 is 20.1 Å². The van der Waals surface area contributed by atoms with E-state index in [9.17, 15) is 22.0 Å². The first kappa shape index (κ1) is 28.0. The number of hydrogen-bond donors (Lipinski definition) is 1. The zero-order chi connectivity index (χ0) is 28.5. The van der Waals surface area contributed by atoms with Gasteiger partial charge in [-0.25, -0.2) is 17.2 Å². The molecule has 214 valence electrons. The van der Waals surface area contributed by atoms with E-state index < -0.39 is 27.2 Å². The van der Waals surface area contributed by atoms with Crippen molar-refractivity contribution in [2.24, 2.45) is 5.41 Å². The Labute approximate surface area is 231 Å². The van der Waals surface area contributed by atoms with E-state index in [1.54, 1.807) is 24.3 Å². The quantitative estimate of drug-likeness (QED) is 0.387. The maximum Gasteiger partial charge on any atom is 0.316 e. The van der Waals surface area contributed by atoms with Crippen molar-refractivity contribution in [2.75, 3.05) is 56.6 Å². The van der Waals surface area contributed by atoms with Crippen molar-refractivity contribution in [3.05, 3.63) is 76.2 Å². The Balaban J connectivity index is 1.39. The maximum atomic E-state index is 13.9. The molecule has 0 atom stereocenters. The van der Waals surface area contributed by atoms with E-state index in [-0.39, 0.29) is 42.3 Å². The summed E-state index contributed by atoms with van der Waals surface area (Å²) in [5, 5.41) is 4.18. The minimum Gasteiger partial charge on any atom is -0.485 e. The lowest BCUT2D eigenvalue weighted by molar-refractivity contribution is -0.133. The topological polar surface area (TPSA) is 120 Å². The largest absolute Gasteiger partial charge is 0.485 e. The normalized spacial score (nSPS) is 17.4. The number of anilines is 2. The molecule has 2 N–H and O–H groups in total. The van der Waals surface area contributed by atoms with Gasteiger partial charge in [-0.3, -0.25) is 4.79 Å². The van der Waals surface area contributed by atoms with Crippen molar-refractivity contribution in [1.82, 2.24) is 14.1 Å². The lowest BCUT2D eigenvalue weighted by atomic mass is 9.84. The molecule has 3 aromatic rings. The van der Waals surface area contributed by atoms with Crippen LogP contribution in [-0.4, -0.2) is 68.5 Å². The average molecular weight is 576 g/mol. The molecule has 0 bridgehead atoms. The highest BCUT2D eigenvalue weighted by Crippen LogP contribution is 2.34. The van der Waals surface area contributed by atoms with Crippen molar-refractivity contribution >= 4 is 21.4 Å². The minimum atomic E-state index is -3.58. The number of piperazine rings is 1. The third kappa shape index (κ3) is 5.81. The van der Waals surface area contributed by atoms with Crippen LogP contribution in [0.15, 0.2) is 53.5 Å². The SMILES string of the molecule is CCC1(COc2c(N3CCN(S(=O)(=O)Cc4ccc(N)cc4)CC3)cnn(-c3cc(F)cc(F)c3)c2=O)COC1. The van der Waals surface area contributed by atoms with Gasteiger partial charge in [-0.05, 0) is 36.2 Å². The Morgan fingerprint density at radius 3 is 2.27 bits per heavy atom. The Morgan fingerprint density at radius 2 is 1.70 bits per heavy atom. The number of aromatic nitrogens is 2. The summed E-state index contributed by atoms with van der Waals surface area (Å²) in [5.74, 6) is -1.85. The van der Waals surface area contributed by atoms with Gasteiger partial charge in [-0.2, -0.15) is 14.1 Å². The van der Waals surface area contributed by atoms with Gasteiger partial charge in [0.2, 0.25) is 15.8 Å². The van der Waals surface area contributed by atoms with Crippen molar-refractivity contribution in [1.29, 1.82) is 0 Å². The fraction of sp³-hybridized carbons (Fsp3) is 0.407. The highest BCUT2D eigenvalue weighted by molar-refractivity contribution is 7.88. The Kier molecular flexibility index (Phi) is 7.80. The molecule has 1 aromatic heterocycles. The Morgan fingerprint density at radius 1 is 1.05 bits per heavy atom. The molecule has 0 saturated carbocycles. The molecule has 2 fully saturated rings. The van der Waals surface area contributed by atoms with Gasteiger partial charge >= 0.3 is 5.56 Å². The molecule has 0 aliphatic carbocycles. The molecule has 0 spiro atoms. The summed E-state index contributed by atoms with van der Waals surface area (Å²) in [5.41, 5.74) is 6.30. The third-order valence-electron chi connectivity index (χ3n) is 7.40. The molecule has 40 heavy (non-hydrogen) atoms. The number of rotatable bonds is 9. The lowest BCUT2D eigenvalue weighted by Crippen LogP contribution is -2.50. The van der Waals surface area contributed by atoms with E-state index in [2.05, 4.69) is 5.10 Å². The molecule has 5 rings (SSSR count). The number of sulfonamides is 1. The number of nitrogens with two attached hydrogens (primary N) is 1. The number of ether oxygens (including phenoxy) is 2. The van der Waals surface area contributed by atoms with Crippen LogP contribution in [-0.2, 0) is 20.5 Å². The van der Waals surface area contributed by atoms with Crippen LogP contribution in [0, 0.1) is 17.0 Å². The molecule has 2 aromatic carbocycles. The molecule has 0 radical (unpaired) electrons. The average Bonchev–Trinajstić information content (AvgIpc) is 2.89. The standard InChI is InChI=1S/C27H31F2N5O5S/c1-2-27(16-38-17-27)18-39-25-24(14-31-34(26(25)35)23-12-20(28)11-21(29)13-23)32-7-9-33(10-8-32)40(36,37)15-19-3-5-22(30)6-4-19/h3-6,11-14H,2,7-10,15-18,30H2,1H3. The van der Waals surface area contributed by atoms with E-state index >= 15 is 0 Å². The molecule has 13 heteroatoms. The third-order valence-corrected chi connectivity index (χ3v) is 9.25. The zero-order valence-electron chi connectivity index (χ0n) is 22.1. The maximum absolute atomic E-state index is 13.9. The number of hydrogen-bond acceptors (Lipinski definition) is 8. The monoisotopic (exact) mass is 575 g/mol. The highest BCUT2D eigenvalue weighted by Gasteiger charge is 2.38. The second-order valence-electron chi connectivity index (χ2n) is 10.2. The van der Waals surface area contributed by atoms with Crippen LogP contribution in [0.25, 0.3) is 5.69 Å². The molecular formula is C27H31F2N5O5S. The molecule has 0 unspecified atom stereocenters. The van der Waals surface area contributed by atoms with Crippen LogP contribution >= 0.6 is 0 Å². The first-order chi connectivity index (χ1) is 19.1. The van der Waals surface area contributed by atoms with E-state index in [1.807, 2.05) is 11.8 Å². The smallest absolute Gasteiger partial charge is 0.316 e. The number of nitrogen functional groups attached to an aromatic ring is 1. The summed E-state index contributed by atoms with van der Waals surface area (Å²) in [7, 11) is -3.58. The van der Waals surface area contributed by atoms with Crippen molar-refractivity contribution in [2.45, 2.75) is 19.1 Å². The second kappa shape index (κ2) is 11.1. The van der Waals surface area contributed by atoms with Gasteiger partial charge in [0.05, 0.1) is 42.9 Å². The van der Waals surface area contributed by atoms with Gasteiger partial charge in [0.15, 0.2) is 0 Å². The van der Waals surface area contributed by atoms with Crippen molar-refractivity contribution in [3.8, 4) is 11.4 Å². The predicted molar refractivity (Wildman–Crippen MR) is 146 cm³/mol. The molecular weight excluding hydrogens is 544 g/mol. The Hall–Kier alpha value is -3.55. The second-order valence-corrected chi connectivity index (χ2v) is 12.2. The fourth-order valence-corrected chi connectivity index (χ4v) is 6.28. The molecule has 2 saturated heterocycles. The van der Waals surface area contributed by atoms with Gasteiger partial charge in [-0.15, -0.1) is 0 Å². The van der Waals surface area contributed by atoms with Crippen LogP contribution in [0.4, 0.5) is 20.2 Å². The summed E-state index contributed by atoms with van der Waals surface area (Å²) in [6, 6.07) is 9.44. The summed E-state index contributed by atoms with van der Waals surface area (Å²) in [4.78, 5) is 15.4. The summed E-state index contributed by atoms with van der Waals surface area (Å²) < 4.78 is 67.7. The summed E-state index contributed by atoms with van der Waals surface area (Å²) in [6.45, 7) is 4.19. The molecule has 3 heterocycles. The lowest BCUT2D eigenvalue weighted by Gasteiger charge is -2.40. The van der Waals surface area contributed by atoms with E-state index in [0.717, 1.165) is 23.2 Å². The molecule has 0 amide bonds. The van der Waals surface area contributed by atoms with Crippen LogP contribution in [0.3, 0.4) is 0 Å². The molecule has 2 aliphatic heterocycles. The van der Waals surface area contributed by atoms with Crippen LogP contribution in [0.5, 0.6) is 5.75 Å². The fourth-order valence-electron chi connectivity index (χ4n) is 4.76. The summed E-state index contributed by atoms with van der Waals surface area (Å²) in [6.07, 6.45) is 2.19. The molecule has 10 nitrogen and oxygen atoms in total. The van der Waals surface area contributed by atoms with Crippen molar-refractivity contribution in [3.63, 3.8) is 0 Å². The van der Waals surface area contributed by atoms with E-state index in [4.69, 9.17) is 15.2 Å². The van der Waals surface area contributed by atoms with E-state index in [1.165, 1.54) is 10.5 Å². The van der Waals surface area contributed by atoms with Gasteiger partial charge in [0.25, 0.3) is 0 Å². The zero-order valence-corrected chi connectivity index (χ0v) is 22.9. The first-order valence-electron chi connectivity index (χ1n) is 13.0. The van der Waals surface area contributed by atoms with Gasteiger partial charge in [0.1, 0.15) is 17.3 Å². The number of halogens is 2. The Bertz CT molecular complexity index is 1510. The number of benzene rings is 2. The minimum absolute atomic E-state index is 0.0161. The first-order valence-corrected chi connectivity index (χ1v) is 14.6.